The van der Waals surface area contributed by atoms with E-state index in [0.29, 0.717) is 19.3 Å². The summed E-state index contributed by atoms with van der Waals surface area (Å²) < 4.78 is 10.2. The first-order valence-electron chi connectivity index (χ1n) is 18.5. The van der Waals surface area contributed by atoms with Gasteiger partial charge in [0.1, 0.15) is 19.3 Å². The zero-order valence-corrected chi connectivity index (χ0v) is 29.3. The molecule has 0 aromatic rings. The van der Waals surface area contributed by atoms with Crippen LogP contribution >= 0.6 is 0 Å². The summed E-state index contributed by atoms with van der Waals surface area (Å²) in [6.45, 7) is 6.23. The number of rotatable bonds is 28. The molecule has 268 valence electrons. The Morgan fingerprint density at radius 3 is 1.91 bits per heavy atom. The quantitative estimate of drug-likeness (QED) is 0.0392. The highest BCUT2D eigenvalue weighted by atomic mass is 16.6. The van der Waals surface area contributed by atoms with Crippen molar-refractivity contribution in [2.24, 2.45) is 17.8 Å². The molecule has 0 spiro atoms. The number of unbranched alkanes of at least 4 members (excludes halogenated alkanes) is 12. The van der Waals surface area contributed by atoms with Gasteiger partial charge in [-0.1, -0.05) is 135 Å². The molecular formula is C38H68O8. The Balaban J connectivity index is 2.10. The van der Waals surface area contributed by atoms with Crippen LogP contribution in [0.15, 0.2) is 24.3 Å². The lowest BCUT2D eigenvalue weighted by molar-refractivity contribution is -0.151. The van der Waals surface area contributed by atoms with Gasteiger partial charge in [-0.15, -0.1) is 0 Å². The summed E-state index contributed by atoms with van der Waals surface area (Å²) in [7, 11) is 0. The van der Waals surface area contributed by atoms with E-state index < -0.39 is 30.4 Å². The van der Waals surface area contributed by atoms with Gasteiger partial charge in [-0.25, -0.2) is 0 Å². The van der Waals surface area contributed by atoms with Gasteiger partial charge in [0.15, 0.2) is 0 Å². The minimum absolute atomic E-state index is 0.00691. The van der Waals surface area contributed by atoms with Crippen LogP contribution in [0.2, 0.25) is 0 Å². The highest BCUT2D eigenvalue weighted by Gasteiger charge is 2.39. The highest BCUT2D eigenvalue weighted by molar-refractivity contribution is 5.71. The Hall–Kier alpha value is -1.74. The van der Waals surface area contributed by atoms with Crippen LogP contribution in [0.3, 0.4) is 0 Å². The lowest BCUT2D eigenvalue weighted by atomic mass is 9.89. The van der Waals surface area contributed by atoms with Crippen molar-refractivity contribution in [2.45, 2.75) is 174 Å². The zero-order valence-electron chi connectivity index (χ0n) is 29.3. The summed E-state index contributed by atoms with van der Waals surface area (Å²) in [6.07, 6.45) is 23.6. The van der Waals surface area contributed by atoms with E-state index in [9.17, 15) is 30.0 Å². The lowest BCUT2D eigenvalue weighted by Crippen LogP contribution is -2.25. The SMILES string of the molecule is CCCCC[C@@H](O)/C=C/[C@@H]1[C@H](C/C=C\CC(=O)OC[C@H](O)COC(=O)CCCCCCCCCCCCCC(C)C)[C@@H](O)C[C@H]1O. The number of hydrogen-bond donors (Lipinski definition) is 4. The van der Waals surface area contributed by atoms with E-state index >= 15 is 0 Å². The molecule has 0 aromatic carbocycles. The Morgan fingerprint density at radius 1 is 0.739 bits per heavy atom. The molecule has 1 aliphatic carbocycles. The number of carbonyl (C=O) groups is 2. The van der Waals surface area contributed by atoms with E-state index in [1.54, 1.807) is 18.2 Å². The highest BCUT2D eigenvalue weighted by Crippen LogP contribution is 2.36. The zero-order chi connectivity index (χ0) is 34.0. The summed E-state index contributed by atoms with van der Waals surface area (Å²) in [6, 6.07) is 0. The molecule has 1 fully saturated rings. The number of allylic oxidation sites excluding steroid dienone is 1. The topological polar surface area (TPSA) is 134 Å². The van der Waals surface area contributed by atoms with Crippen molar-refractivity contribution in [2.75, 3.05) is 13.2 Å². The first-order valence-corrected chi connectivity index (χ1v) is 18.5. The van der Waals surface area contributed by atoms with E-state index in [1.165, 1.54) is 57.8 Å². The molecule has 1 rings (SSSR count). The van der Waals surface area contributed by atoms with E-state index in [-0.39, 0.29) is 43.9 Å². The standard InChI is InChI=1S/C38H68O8/c1-4-5-15-21-31(39)25-26-34-33(35(41)27-36(34)42)22-18-19-24-38(44)46-29-32(40)28-45-37(43)23-17-14-12-10-8-6-7-9-11-13-16-20-30(2)3/h18-19,25-26,30-36,39-42H,4-17,20-24,27-29H2,1-3H3/b19-18-,26-25+/t31-,32-,33+,34-,35+,36-/m1/s1. The second-order valence-corrected chi connectivity index (χ2v) is 13.8. The van der Waals surface area contributed by atoms with Crippen molar-refractivity contribution in [1.29, 1.82) is 0 Å². The molecule has 1 saturated carbocycles. The number of aliphatic hydroxyl groups is 4. The largest absolute Gasteiger partial charge is 0.463 e. The maximum absolute atomic E-state index is 12.1. The fourth-order valence-electron chi connectivity index (χ4n) is 6.07. The fraction of sp³-hybridized carbons (Fsp3) is 0.842. The van der Waals surface area contributed by atoms with Crippen molar-refractivity contribution in [3.63, 3.8) is 0 Å². The smallest absolute Gasteiger partial charge is 0.309 e. The third-order valence-corrected chi connectivity index (χ3v) is 8.97. The van der Waals surface area contributed by atoms with Crippen LogP contribution in [0.4, 0.5) is 0 Å². The first-order chi connectivity index (χ1) is 22.1. The van der Waals surface area contributed by atoms with E-state index in [0.717, 1.165) is 44.4 Å². The van der Waals surface area contributed by atoms with E-state index in [1.807, 2.05) is 6.08 Å². The molecule has 1 aliphatic rings. The molecule has 0 bridgehead atoms. The summed E-state index contributed by atoms with van der Waals surface area (Å²) >= 11 is 0. The normalized spacial score (nSPS) is 21.4. The molecule has 0 heterocycles. The summed E-state index contributed by atoms with van der Waals surface area (Å²) in [5.41, 5.74) is 0. The third-order valence-electron chi connectivity index (χ3n) is 8.97. The Morgan fingerprint density at radius 2 is 1.30 bits per heavy atom. The second-order valence-electron chi connectivity index (χ2n) is 13.8. The Bertz CT molecular complexity index is 826. The molecule has 0 saturated heterocycles. The van der Waals surface area contributed by atoms with Crippen molar-refractivity contribution in [3.8, 4) is 0 Å². The number of ether oxygens (including phenoxy) is 2. The maximum atomic E-state index is 12.1. The minimum atomic E-state index is -1.08. The fourth-order valence-corrected chi connectivity index (χ4v) is 6.07. The van der Waals surface area contributed by atoms with E-state index in [2.05, 4.69) is 20.8 Å². The average Bonchev–Trinajstić information content (AvgIpc) is 3.29. The van der Waals surface area contributed by atoms with Gasteiger partial charge in [-0.05, 0) is 31.1 Å². The third kappa shape index (κ3) is 21.9. The molecule has 0 aliphatic heterocycles. The van der Waals surface area contributed by atoms with Crippen LogP contribution in [0.5, 0.6) is 0 Å². The Kier molecular flexibility index (Phi) is 25.0. The molecule has 0 radical (unpaired) electrons. The summed E-state index contributed by atoms with van der Waals surface area (Å²) in [5.74, 6) is -0.509. The van der Waals surface area contributed by atoms with Crippen molar-refractivity contribution in [3.05, 3.63) is 24.3 Å². The molecule has 4 N–H and O–H groups in total. The predicted molar refractivity (Wildman–Crippen MR) is 184 cm³/mol. The van der Waals surface area contributed by atoms with Gasteiger partial charge in [-0.2, -0.15) is 0 Å². The molecule has 0 amide bonds. The van der Waals surface area contributed by atoms with E-state index in [4.69, 9.17) is 9.47 Å². The van der Waals surface area contributed by atoms with Crippen LogP contribution < -0.4 is 0 Å². The van der Waals surface area contributed by atoms with Gasteiger partial charge in [0.05, 0.1) is 24.7 Å². The van der Waals surface area contributed by atoms with Crippen LogP contribution in [-0.4, -0.2) is 70.0 Å². The molecule has 8 heteroatoms. The maximum Gasteiger partial charge on any atom is 0.309 e. The molecule has 0 aromatic heterocycles. The number of esters is 2. The second kappa shape index (κ2) is 27.2. The molecule has 6 atom stereocenters. The number of aliphatic hydroxyl groups excluding tert-OH is 4. The molecule has 46 heavy (non-hydrogen) atoms. The minimum Gasteiger partial charge on any atom is -0.463 e. The van der Waals surface area contributed by atoms with Gasteiger partial charge < -0.3 is 29.9 Å². The predicted octanol–water partition coefficient (Wildman–Crippen LogP) is 7.35. The first kappa shape index (κ1) is 42.3. The van der Waals surface area contributed by atoms with Crippen molar-refractivity contribution >= 4 is 11.9 Å². The van der Waals surface area contributed by atoms with Crippen molar-refractivity contribution in [1.82, 2.24) is 0 Å². The summed E-state index contributed by atoms with van der Waals surface area (Å²) in [5, 5.41) is 41.0. The van der Waals surface area contributed by atoms with Crippen LogP contribution in [0.1, 0.15) is 149 Å². The van der Waals surface area contributed by atoms with Crippen molar-refractivity contribution < 1.29 is 39.5 Å². The number of carbonyl (C=O) groups excluding carboxylic acids is 2. The molecular weight excluding hydrogens is 584 g/mol. The Labute approximate surface area is 280 Å². The van der Waals surface area contributed by atoms with Crippen LogP contribution in [0, 0.1) is 17.8 Å². The monoisotopic (exact) mass is 652 g/mol. The lowest BCUT2D eigenvalue weighted by Gasteiger charge is -2.19. The number of hydrogen-bond acceptors (Lipinski definition) is 8. The molecule has 8 nitrogen and oxygen atoms in total. The van der Waals surface area contributed by atoms with Gasteiger partial charge >= 0.3 is 11.9 Å². The average molecular weight is 653 g/mol. The van der Waals surface area contributed by atoms with Crippen LogP contribution in [-0.2, 0) is 19.1 Å². The van der Waals surface area contributed by atoms with Crippen LogP contribution in [0.25, 0.3) is 0 Å². The summed E-state index contributed by atoms with van der Waals surface area (Å²) in [4.78, 5) is 24.1. The van der Waals surface area contributed by atoms with Gasteiger partial charge in [-0.3, -0.25) is 9.59 Å². The van der Waals surface area contributed by atoms with Gasteiger partial charge in [0, 0.05) is 18.8 Å². The van der Waals surface area contributed by atoms with Gasteiger partial charge in [0.2, 0.25) is 0 Å². The molecule has 0 unspecified atom stereocenters. The van der Waals surface area contributed by atoms with Gasteiger partial charge in [0.25, 0.3) is 0 Å².